The van der Waals surface area contributed by atoms with Gasteiger partial charge in [0.15, 0.2) is 0 Å². The van der Waals surface area contributed by atoms with Crippen LogP contribution in [0.2, 0.25) is 0 Å². The topological polar surface area (TPSA) is 86.1 Å². The number of azide groups is 1. The maximum Gasteiger partial charge on any atom is 0.243 e. The van der Waals surface area contributed by atoms with Crippen molar-refractivity contribution in [1.29, 1.82) is 0 Å². The van der Waals surface area contributed by atoms with Gasteiger partial charge >= 0.3 is 0 Å². The third kappa shape index (κ3) is 2.81. The second-order valence-corrected chi connectivity index (χ2v) is 5.66. The molecule has 0 aliphatic heterocycles. The van der Waals surface area contributed by atoms with Gasteiger partial charge in [0.2, 0.25) is 10.0 Å². The van der Waals surface area contributed by atoms with Crippen molar-refractivity contribution in [3.63, 3.8) is 0 Å². The molecule has 0 spiro atoms. The minimum Gasteiger partial charge on any atom is -0.207 e. The first-order valence-corrected chi connectivity index (χ1v) is 7.07. The van der Waals surface area contributed by atoms with Gasteiger partial charge < -0.3 is 0 Å². The fourth-order valence-electron chi connectivity index (χ4n) is 1.62. The number of benzene rings is 1. The van der Waals surface area contributed by atoms with Gasteiger partial charge in [-0.3, -0.25) is 0 Å². The lowest BCUT2D eigenvalue weighted by molar-refractivity contribution is 0.445. The van der Waals surface area contributed by atoms with E-state index in [4.69, 9.17) is 5.53 Å². The van der Waals surface area contributed by atoms with Crippen molar-refractivity contribution in [1.82, 2.24) is 4.31 Å². The molecule has 0 atom stereocenters. The molecule has 1 rings (SSSR count). The van der Waals surface area contributed by atoms with E-state index in [1.807, 2.05) is 0 Å². The van der Waals surface area contributed by atoms with Crippen LogP contribution in [0, 0.1) is 6.92 Å². The molecule has 0 radical (unpaired) electrons. The second kappa shape index (κ2) is 5.86. The molecule has 0 heterocycles. The van der Waals surface area contributed by atoms with Crippen molar-refractivity contribution >= 4 is 15.7 Å². The summed E-state index contributed by atoms with van der Waals surface area (Å²) in [7, 11) is -3.51. The quantitative estimate of drug-likeness (QED) is 0.467. The molecule has 0 saturated heterocycles. The Morgan fingerprint density at radius 2 is 1.94 bits per heavy atom. The number of nitrogens with zero attached hydrogens (tertiary/aromatic N) is 4. The fraction of sp³-hybridized carbons (Fsp3) is 0.455. The summed E-state index contributed by atoms with van der Waals surface area (Å²) in [6.45, 7) is 6.14. The molecule has 98 valence electrons. The van der Waals surface area contributed by atoms with Crippen LogP contribution >= 0.6 is 0 Å². The average molecular weight is 268 g/mol. The minimum absolute atomic E-state index is 0.152. The summed E-state index contributed by atoms with van der Waals surface area (Å²) in [5.41, 5.74) is 9.52. The van der Waals surface area contributed by atoms with Gasteiger partial charge in [-0.15, -0.1) is 0 Å². The molecule has 6 nitrogen and oxygen atoms in total. The van der Waals surface area contributed by atoms with Crippen LogP contribution in [0.1, 0.15) is 19.4 Å². The molecule has 0 fully saturated rings. The summed E-state index contributed by atoms with van der Waals surface area (Å²) < 4.78 is 25.9. The van der Waals surface area contributed by atoms with Crippen LogP contribution in [0.15, 0.2) is 28.2 Å². The van der Waals surface area contributed by atoms with Gasteiger partial charge in [0.1, 0.15) is 0 Å². The van der Waals surface area contributed by atoms with Crippen LogP contribution in [0.4, 0.5) is 5.69 Å². The molecule has 0 N–H and O–H groups in total. The van der Waals surface area contributed by atoms with Crippen LogP contribution in [0.3, 0.4) is 0 Å². The highest BCUT2D eigenvalue weighted by Gasteiger charge is 2.21. The van der Waals surface area contributed by atoms with E-state index in [0.717, 1.165) is 5.56 Å². The van der Waals surface area contributed by atoms with Crippen LogP contribution in [0.25, 0.3) is 10.4 Å². The zero-order valence-electron chi connectivity index (χ0n) is 10.7. The van der Waals surface area contributed by atoms with E-state index in [9.17, 15) is 8.42 Å². The normalized spacial score (nSPS) is 11.3. The predicted octanol–water partition coefficient (Wildman–Crippen LogP) is 2.97. The van der Waals surface area contributed by atoms with Crippen molar-refractivity contribution in [3.8, 4) is 0 Å². The largest absolute Gasteiger partial charge is 0.243 e. The Kier molecular flexibility index (Phi) is 4.72. The first kappa shape index (κ1) is 14.5. The molecular formula is C11H16N4O2S. The molecule has 0 aromatic heterocycles. The third-order valence-electron chi connectivity index (χ3n) is 2.68. The van der Waals surface area contributed by atoms with E-state index in [0.29, 0.717) is 18.8 Å². The first-order valence-electron chi connectivity index (χ1n) is 5.63. The van der Waals surface area contributed by atoms with Crippen LogP contribution in [-0.4, -0.2) is 25.8 Å². The van der Waals surface area contributed by atoms with Gasteiger partial charge in [-0.25, -0.2) is 8.42 Å². The van der Waals surface area contributed by atoms with E-state index >= 15 is 0 Å². The van der Waals surface area contributed by atoms with Gasteiger partial charge in [-0.1, -0.05) is 25.0 Å². The van der Waals surface area contributed by atoms with E-state index in [-0.39, 0.29) is 4.90 Å². The van der Waals surface area contributed by atoms with Gasteiger partial charge in [-0.05, 0) is 30.2 Å². The number of rotatable bonds is 5. The summed E-state index contributed by atoms with van der Waals surface area (Å²) in [6.07, 6.45) is 0. The summed E-state index contributed by atoms with van der Waals surface area (Å²) in [6, 6.07) is 4.57. The highest BCUT2D eigenvalue weighted by atomic mass is 32.2. The standard InChI is InChI=1S/C11H16N4O2S/c1-4-15(5-2)18(16,17)10-7-6-9(3)11(8-10)13-14-12/h6-8H,4-5H2,1-3H3. The molecule has 1 aromatic rings. The smallest absolute Gasteiger partial charge is 0.207 e. The Balaban J connectivity index is 3.34. The summed E-state index contributed by atoms with van der Waals surface area (Å²) in [5.74, 6) is 0. The summed E-state index contributed by atoms with van der Waals surface area (Å²) >= 11 is 0. The molecule has 0 saturated carbocycles. The van der Waals surface area contributed by atoms with Crippen molar-refractivity contribution in [2.75, 3.05) is 13.1 Å². The minimum atomic E-state index is -3.51. The molecule has 18 heavy (non-hydrogen) atoms. The molecule has 1 aromatic carbocycles. The van der Waals surface area contributed by atoms with E-state index in [1.54, 1.807) is 26.8 Å². The monoisotopic (exact) mass is 268 g/mol. The summed E-state index contributed by atoms with van der Waals surface area (Å²) in [5, 5.41) is 3.49. The van der Waals surface area contributed by atoms with Gasteiger partial charge in [0.25, 0.3) is 0 Å². The lowest BCUT2D eigenvalue weighted by Crippen LogP contribution is -2.30. The SMILES string of the molecule is CCN(CC)S(=O)(=O)c1ccc(C)c(N=[N+]=[N-])c1. The molecule has 0 amide bonds. The highest BCUT2D eigenvalue weighted by molar-refractivity contribution is 7.89. The third-order valence-corrected chi connectivity index (χ3v) is 4.72. The zero-order valence-corrected chi connectivity index (χ0v) is 11.5. The molecule has 0 aliphatic rings. The highest BCUT2D eigenvalue weighted by Crippen LogP contribution is 2.25. The van der Waals surface area contributed by atoms with Crippen molar-refractivity contribution in [3.05, 3.63) is 34.2 Å². The first-order chi connectivity index (χ1) is 8.47. The van der Waals surface area contributed by atoms with Gasteiger partial charge in [-0.2, -0.15) is 4.31 Å². The van der Waals surface area contributed by atoms with E-state index in [2.05, 4.69) is 10.0 Å². The Bertz CT molecular complexity index is 573. The van der Waals surface area contributed by atoms with Crippen molar-refractivity contribution in [2.24, 2.45) is 5.11 Å². The Morgan fingerprint density at radius 1 is 1.33 bits per heavy atom. The Hall–Kier alpha value is -1.56. The average Bonchev–Trinajstić information content (AvgIpc) is 2.33. The lowest BCUT2D eigenvalue weighted by atomic mass is 10.2. The fourth-order valence-corrected chi connectivity index (χ4v) is 3.10. The number of aryl methyl sites for hydroxylation is 1. The maximum absolute atomic E-state index is 12.3. The number of sulfonamides is 1. The van der Waals surface area contributed by atoms with E-state index < -0.39 is 10.0 Å². The molecule has 0 bridgehead atoms. The Labute approximate surface area is 107 Å². The number of hydrogen-bond acceptors (Lipinski definition) is 3. The van der Waals surface area contributed by atoms with E-state index in [1.165, 1.54) is 16.4 Å². The molecule has 0 unspecified atom stereocenters. The molecule has 7 heteroatoms. The lowest BCUT2D eigenvalue weighted by Gasteiger charge is -2.18. The van der Waals surface area contributed by atoms with Gasteiger partial charge in [0, 0.05) is 23.7 Å². The van der Waals surface area contributed by atoms with Crippen molar-refractivity contribution in [2.45, 2.75) is 25.7 Å². The zero-order chi connectivity index (χ0) is 13.8. The van der Waals surface area contributed by atoms with Crippen LogP contribution < -0.4 is 0 Å². The van der Waals surface area contributed by atoms with Crippen LogP contribution in [0.5, 0.6) is 0 Å². The number of hydrogen-bond donors (Lipinski definition) is 0. The molecular weight excluding hydrogens is 252 g/mol. The van der Waals surface area contributed by atoms with Crippen molar-refractivity contribution < 1.29 is 8.42 Å². The molecule has 0 aliphatic carbocycles. The second-order valence-electron chi connectivity index (χ2n) is 3.73. The maximum atomic E-state index is 12.3. The summed E-state index contributed by atoms with van der Waals surface area (Å²) in [4.78, 5) is 2.84. The van der Waals surface area contributed by atoms with Gasteiger partial charge in [0.05, 0.1) is 4.90 Å². The Morgan fingerprint density at radius 3 is 2.44 bits per heavy atom. The van der Waals surface area contributed by atoms with Crippen LogP contribution in [-0.2, 0) is 10.0 Å². The predicted molar refractivity (Wildman–Crippen MR) is 70.1 cm³/mol.